The maximum Gasteiger partial charge on any atom is 0.180 e. The number of aromatic nitrogens is 1. The van der Waals surface area contributed by atoms with Crippen molar-refractivity contribution in [1.29, 1.82) is 0 Å². The van der Waals surface area contributed by atoms with Gasteiger partial charge in [-0.05, 0) is 12.6 Å². The summed E-state index contributed by atoms with van der Waals surface area (Å²) in [4.78, 5) is 15.3. The number of Topliss-reactive ketones (excluding diaryl/α,β-unsaturated/α-hetero) is 1. The number of carbonyl (C=O) groups is 1. The van der Waals surface area contributed by atoms with Crippen LogP contribution in [0.15, 0.2) is 12.3 Å². The first-order chi connectivity index (χ1) is 6.65. The van der Waals surface area contributed by atoms with Crippen LogP contribution in [0.3, 0.4) is 0 Å². The van der Waals surface area contributed by atoms with E-state index in [0.717, 1.165) is 6.54 Å². The molecule has 0 unspecified atom stereocenters. The lowest BCUT2D eigenvalue weighted by Gasteiger charge is -2.04. The zero-order valence-electron chi connectivity index (χ0n) is 7.88. The quantitative estimate of drug-likeness (QED) is 0.736. The number of likely N-dealkylation sites (N-methyl/N-ethyl adjacent to an activating group) is 1. The van der Waals surface area contributed by atoms with Crippen molar-refractivity contribution in [3.63, 3.8) is 0 Å². The molecule has 0 amide bonds. The first-order valence-corrected chi connectivity index (χ1v) is 4.68. The lowest BCUT2D eigenvalue weighted by molar-refractivity contribution is 0.0992. The zero-order valence-corrected chi connectivity index (χ0v) is 8.64. The number of anilines is 1. The molecule has 1 aromatic heterocycles. The van der Waals surface area contributed by atoms with Crippen LogP contribution >= 0.6 is 11.6 Å². The van der Waals surface area contributed by atoms with E-state index in [1.54, 1.807) is 0 Å². The van der Waals surface area contributed by atoms with Crippen molar-refractivity contribution in [3.05, 3.63) is 22.8 Å². The monoisotopic (exact) mass is 213 g/mol. The molecule has 4 nitrogen and oxygen atoms in total. The topological polar surface area (TPSA) is 68.0 Å². The van der Waals surface area contributed by atoms with Gasteiger partial charge in [0, 0.05) is 6.20 Å². The number of halogens is 1. The van der Waals surface area contributed by atoms with E-state index in [9.17, 15) is 4.79 Å². The smallest absolute Gasteiger partial charge is 0.180 e. The standard InChI is InChI=1S/C9H12ClN3O/c1-2-12-5-8(14)7-3-6(10)4-13-9(7)11/h3-4,12H,2,5H2,1H3,(H2,11,13). The van der Waals surface area contributed by atoms with Gasteiger partial charge in [-0.1, -0.05) is 18.5 Å². The summed E-state index contributed by atoms with van der Waals surface area (Å²) in [7, 11) is 0. The summed E-state index contributed by atoms with van der Waals surface area (Å²) in [6.07, 6.45) is 1.42. The molecule has 14 heavy (non-hydrogen) atoms. The number of rotatable bonds is 4. The zero-order chi connectivity index (χ0) is 10.6. The Morgan fingerprint density at radius 3 is 3.07 bits per heavy atom. The second-order valence-electron chi connectivity index (χ2n) is 2.79. The third-order valence-electron chi connectivity index (χ3n) is 1.72. The largest absolute Gasteiger partial charge is 0.383 e. The Morgan fingerprint density at radius 1 is 1.71 bits per heavy atom. The number of hydrogen-bond donors (Lipinski definition) is 2. The molecule has 3 N–H and O–H groups in total. The van der Waals surface area contributed by atoms with Crippen LogP contribution in [-0.4, -0.2) is 23.9 Å². The number of nitrogens with two attached hydrogens (primary N) is 1. The van der Waals surface area contributed by atoms with E-state index in [2.05, 4.69) is 10.3 Å². The maximum atomic E-state index is 11.5. The van der Waals surface area contributed by atoms with Crippen molar-refractivity contribution in [2.45, 2.75) is 6.92 Å². The van der Waals surface area contributed by atoms with Crippen molar-refractivity contribution < 1.29 is 4.79 Å². The van der Waals surface area contributed by atoms with Crippen LogP contribution in [0.5, 0.6) is 0 Å². The Bertz CT molecular complexity index is 341. The third-order valence-corrected chi connectivity index (χ3v) is 1.93. The minimum atomic E-state index is -0.0978. The average Bonchev–Trinajstić information content (AvgIpc) is 2.18. The number of ketones is 1. The van der Waals surface area contributed by atoms with E-state index in [1.165, 1.54) is 12.3 Å². The molecule has 0 saturated heterocycles. The molecule has 0 saturated carbocycles. The Balaban J connectivity index is 2.83. The molecular weight excluding hydrogens is 202 g/mol. The van der Waals surface area contributed by atoms with Crippen LogP contribution in [-0.2, 0) is 0 Å². The van der Waals surface area contributed by atoms with Crippen molar-refractivity contribution in [2.24, 2.45) is 0 Å². The minimum absolute atomic E-state index is 0.0978. The second-order valence-corrected chi connectivity index (χ2v) is 3.23. The normalized spacial score (nSPS) is 10.1. The van der Waals surface area contributed by atoms with Gasteiger partial charge in [-0.15, -0.1) is 0 Å². The molecule has 0 fully saturated rings. The molecule has 1 aromatic rings. The number of hydrogen-bond acceptors (Lipinski definition) is 4. The van der Waals surface area contributed by atoms with E-state index in [0.29, 0.717) is 10.6 Å². The minimum Gasteiger partial charge on any atom is -0.383 e. The van der Waals surface area contributed by atoms with E-state index in [-0.39, 0.29) is 18.1 Å². The van der Waals surface area contributed by atoms with Gasteiger partial charge in [0.25, 0.3) is 0 Å². The van der Waals surface area contributed by atoms with Crippen LogP contribution in [0, 0.1) is 0 Å². The van der Waals surface area contributed by atoms with Gasteiger partial charge in [-0.25, -0.2) is 4.98 Å². The van der Waals surface area contributed by atoms with Crippen LogP contribution in [0.4, 0.5) is 5.82 Å². The molecule has 5 heteroatoms. The van der Waals surface area contributed by atoms with Gasteiger partial charge in [0.1, 0.15) is 5.82 Å². The summed E-state index contributed by atoms with van der Waals surface area (Å²) in [5.74, 6) is 0.122. The molecule has 0 bridgehead atoms. The highest BCUT2D eigenvalue weighted by atomic mass is 35.5. The molecule has 0 radical (unpaired) electrons. The number of nitrogen functional groups attached to an aromatic ring is 1. The summed E-state index contributed by atoms with van der Waals surface area (Å²) >= 11 is 5.70. The molecule has 1 heterocycles. The fraction of sp³-hybridized carbons (Fsp3) is 0.333. The third kappa shape index (κ3) is 2.68. The second kappa shape index (κ2) is 4.93. The van der Waals surface area contributed by atoms with Gasteiger partial charge in [-0.2, -0.15) is 0 Å². The van der Waals surface area contributed by atoms with Crippen molar-refractivity contribution in [3.8, 4) is 0 Å². The Morgan fingerprint density at radius 2 is 2.43 bits per heavy atom. The summed E-state index contributed by atoms with van der Waals surface area (Å²) in [6.45, 7) is 2.91. The predicted octanol–water partition coefficient (Wildman–Crippen LogP) is 1.11. The first-order valence-electron chi connectivity index (χ1n) is 4.30. The fourth-order valence-electron chi connectivity index (χ4n) is 1.01. The molecule has 1 rings (SSSR count). The summed E-state index contributed by atoms with van der Waals surface area (Å²) in [5, 5.41) is 3.33. The van der Waals surface area contributed by atoms with Gasteiger partial charge < -0.3 is 11.1 Å². The van der Waals surface area contributed by atoms with Gasteiger partial charge in [0.15, 0.2) is 5.78 Å². The number of nitrogens with one attached hydrogen (secondary N) is 1. The van der Waals surface area contributed by atoms with Crippen LogP contribution in [0.25, 0.3) is 0 Å². The number of carbonyl (C=O) groups excluding carboxylic acids is 1. The lowest BCUT2D eigenvalue weighted by atomic mass is 10.1. The van der Waals surface area contributed by atoms with E-state index >= 15 is 0 Å². The van der Waals surface area contributed by atoms with Gasteiger partial charge >= 0.3 is 0 Å². The predicted molar refractivity (Wildman–Crippen MR) is 56.5 cm³/mol. The Kier molecular flexibility index (Phi) is 3.85. The number of pyridine rings is 1. The highest BCUT2D eigenvalue weighted by molar-refractivity contribution is 6.31. The Labute approximate surface area is 87.5 Å². The van der Waals surface area contributed by atoms with Crippen molar-refractivity contribution in [2.75, 3.05) is 18.8 Å². The first kappa shape index (κ1) is 10.9. The molecule has 0 aromatic carbocycles. The Hall–Kier alpha value is -1.13. The molecule has 0 aliphatic heterocycles. The lowest BCUT2D eigenvalue weighted by Crippen LogP contribution is -2.23. The van der Waals surface area contributed by atoms with Crippen LogP contribution in [0.1, 0.15) is 17.3 Å². The molecule has 76 valence electrons. The summed E-state index contributed by atoms with van der Waals surface area (Å²) in [6, 6.07) is 1.53. The maximum absolute atomic E-state index is 11.5. The highest BCUT2D eigenvalue weighted by Crippen LogP contribution is 2.14. The van der Waals surface area contributed by atoms with Gasteiger partial charge in [0.05, 0.1) is 17.1 Å². The van der Waals surface area contributed by atoms with E-state index < -0.39 is 0 Å². The van der Waals surface area contributed by atoms with Crippen molar-refractivity contribution >= 4 is 23.2 Å². The van der Waals surface area contributed by atoms with Crippen LogP contribution < -0.4 is 11.1 Å². The highest BCUT2D eigenvalue weighted by Gasteiger charge is 2.10. The molecule has 0 spiro atoms. The van der Waals surface area contributed by atoms with Crippen molar-refractivity contribution in [1.82, 2.24) is 10.3 Å². The molecule has 0 aliphatic carbocycles. The van der Waals surface area contributed by atoms with E-state index in [4.69, 9.17) is 17.3 Å². The fourth-order valence-corrected chi connectivity index (χ4v) is 1.16. The summed E-state index contributed by atoms with van der Waals surface area (Å²) in [5.41, 5.74) is 5.92. The SMILES string of the molecule is CCNCC(=O)c1cc(Cl)cnc1N. The van der Waals surface area contributed by atoms with Gasteiger partial charge in [0.2, 0.25) is 0 Å². The number of nitrogens with zero attached hydrogens (tertiary/aromatic N) is 1. The van der Waals surface area contributed by atoms with Crippen LogP contribution in [0.2, 0.25) is 5.02 Å². The molecular formula is C9H12ClN3O. The average molecular weight is 214 g/mol. The molecule has 0 atom stereocenters. The summed E-state index contributed by atoms with van der Waals surface area (Å²) < 4.78 is 0. The molecule has 0 aliphatic rings. The van der Waals surface area contributed by atoms with E-state index in [1.807, 2.05) is 6.92 Å². The van der Waals surface area contributed by atoms with Gasteiger partial charge in [-0.3, -0.25) is 4.79 Å².